The summed E-state index contributed by atoms with van der Waals surface area (Å²) in [4.78, 5) is 25.1. The summed E-state index contributed by atoms with van der Waals surface area (Å²) in [5.41, 5.74) is -0.0746. The van der Waals surface area contributed by atoms with E-state index in [9.17, 15) is 9.59 Å². The highest BCUT2D eigenvalue weighted by atomic mass is 16.6. The number of hydrogen-bond acceptors (Lipinski definition) is 4. The Morgan fingerprint density at radius 1 is 1.28 bits per heavy atom. The summed E-state index contributed by atoms with van der Waals surface area (Å²) in [6.07, 6.45) is 1.05. The molecule has 1 aliphatic heterocycles. The summed E-state index contributed by atoms with van der Waals surface area (Å²) in [5, 5.41) is 0. The zero-order valence-corrected chi connectivity index (χ0v) is 11.7. The quantitative estimate of drug-likeness (QED) is 0.727. The van der Waals surface area contributed by atoms with Crippen LogP contribution in [-0.4, -0.2) is 42.8 Å². The van der Waals surface area contributed by atoms with E-state index in [4.69, 9.17) is 9.47 Å². The first-order valence-corrected chi connectivity index (χ1v) is 6.45. The van der Waals surface area contributed by atoms with E-state index >= 15 is 0 Å². The average molecular weight is 257 g/mol. The maximum atomic E-state index is 11.9. The van der Waals surface area contributed by atoms with Crippen LogP contribution < -0.4 is 0 Å². The molecule has 0 saturated carbocycles. The SMILES string of the molecule is CCOC(=O)C1CCCN1C(=O)OCC(C)(C)C. The summed E-state index contributed by atoms with van der Waals surface area (Å²) >= 11 is 0. The highest BCUT2D eigenvalue weighted by Crippen LogP contribution is 2.21. The Bertz CT molecular complexity index is 309. The number of hydrogen-bond donors (Lipinski definition) is 0. The van der Waals surface area contributed by atoms with Crippen LogP contribution in [0.3, 0.4) is 0 Å². The Kier molecular flexibility index (Phi) is 4.99. The first kappa shape index (κ1) is 14.8. The van der Waals surface area contributed by atoms with E-state index in [2.05, 4.69) is 0 Å². The normalized spacial score (nSPS) is 19.8. The molecule has 0 radical (unpaired) electrons. The molecule has 0 aromatic heterocycles. The van der Waals surface area contributed by atoms with Gasteiger partial charge in [-0.1, -0.05) is 20.8 Å². The lowest BCUT2D eigenvalue weighted by atomic mass is 9.99. The zero-order valence-electron chi connectivity index (χ0n) is 11.7. The monoisotopic (exact) mass is 257 g/mol. The van der Waals surface area contributed by atoms with Crippen LogP contribution in [0.1, 0.15) is 40.5 Å². The van der Waals surface area contributed by atoms with Crippen LogP contribution in [-0.2, 0) is 14.3 Å². The van der Waals surface area contributed by atoms with Crippen molar-refractivity contribution < 1.29 is 19.1 Å². The van der Waals surface area contributed by atoms with Crippen molar-refractivity contribution in [3.05, 3.63) is 0 Å². The third kappa shape index (κ3) is 4.20. The molecule has 5 nitrogen and oxygen atoms in total. The molecule has 1 amide bonds. The van der Waals surface area contributed by atoms with Gasteiger partial charge in [-0.15, -0.1) is 0 Å². The zero-order chi connectivity index (χ0) is 13.8. The second-order valence-corrected chi connectivity index (χ2v) is 5.72. The minimum Gasteiger partial charge on any atom is -0.464 e. The van der Waals surface area contributed by atoms with Gasteiger partial charge in [0.2, 0.25) is 0 Å². The fraction of sp³-hybridized carbons (Fsp3) is 0.846. The lowest BCUT2D eigenvalue weighted by Gasteiger charge is -2.25. The number of amides is 1. The number of likely N-dealkylation sites (tertiary alicyclic amines) is 1. The second-order valence-electron chi connectivity index (χ2n) is 5.72. The third-order valence-electron chi connectivity index (χ3n) is 2.67. The molecule has 1 saturated heterocycles. The molecule has 0 aromatic rings. The molecular weight excluding hydrogens is 234 g/mol. The highest BCUT2D eigenvalue weighted by molar-refractivity contribution is 5.82. The van der Waals surface area contributed by atoms with Crippen LogP contribution in [0.15, 0.2) is 0 Å². The van der Waals surface area contributed by atoms with Gasteiger partial charge in [0.1, 0.15) is 6.04 Å². The predicted octanol–water partition coefficient (Wildman–Crippen LogP) is 2.20. The summed E-state index contributed by atoms with van der Waals surface area (Å²) in [6.45, 7) is 8.98. The van der Waals surface area contributed by atoms with Gasteiger partial charge in [-0.3, -0.25) is 4.90 Å². The van der Waals surface area contributed by atoms with Gasteiger partial charge in [-0.2, -0.15) is 0 Å². The third-order valence-corrected chi connectivity index (χ3v) is 2.67. The van der Waals surface area contributed by atoms with Crippen LogP contribution >= 0.6 is 0 Å². The van der Waals surface area contributed by atoms with Crippen molar-refractivity contribution in [3.8, 4) is 0 Å². The molecule has 1 heterocycles. The molecule has 5 heteroatoms. The van der Waals surface area contributed by atoms with Crippen molar-refractivity contribution >= 4 is 12.1 Å². The first-order chi connectivity index (χ1) is 8.35. The average Bonchev–Trinajstić information content (AvgIpc) is 2.74. The number of ether oxygens (including phenoxy) is 2. The van der Waals surface area contributed by atoms with E-state index in [0.29, 0.717) is 26.2 Å². The van der Waals surface area contributed by atoms with Gasteiger partial charge < -0.3 is 9.47 Å². The Morgan fingerprint density at radius 2 is 1.94 bits per heavy atom. The Labute approximate surface area is 108 Å². The minimum atomic E-state index is -0.475. The van der Waals surface area contributed by atoms with E-state index < -0.39 is 12.1 Å². The molecule has 0 spiro atoms. The van der Waals surface area contributed by atoms with Crippen LogP contribution in [0.2, 0.25) is 0 Å². The largest absolute Gasteiger partial charge is 0.464 e. The van der Waals surface area contributed by atoms with Gasteiger partial charge in [0.25, 0.3) is 0 Å². The summed E-state index contributed by atoms with van der Waals surface area (Å²) in [5.74, 6) is -0.331. The van der Waals surface area contributed by atoms with Gasteiger partial charge in [0, 0.05) is 6.54 Å². The Balaban J connectivity index is 2.53. The number of esters is 1. The predicted molar refractivity (Wildman–Crippen MR) is 67.2 cm³/mol. The van der Waals surface area contributed by atoms with E-state index in [1.807, 2.05) is 20.8 Å². The summed E-state index contributed by atoms with van der Waals surface area (Å²) in [6, 6.07) is -0.475. The molecule has 1 fully saturated rings. The summed E-state index contributed by atoms with van der Waals surface area (Å²) in [7, 11) is 0. The number of carbonyl (C=O) groups is 2. The van der Waals surface area contributed by atoms with Crippen LogP contribution in [0, 0.1) is 5.41 Å². The van der Waals surface area contributed by atoms with Gasteiger partial charge in [-0.25, -0.2) is 9.59 Å². The molecule has 1 aliphatic rings. The van der Waals surface area contributed by atoms with Crippen molar-refractivity contribution in [1.29, 1.82) is 0 Å². The maximum absolute atomic E-state index is 11.9. The van der Waals surface area contributed by atoms with E-state index in [1.54, 1.807) is 6.92 Å². The van der Waals surface area contributed by atoms with E-state index in [0.717, 1.165) is 6.42 Å². The fourth-order valence-electron chi connectivity index (χ4n) is 1.83. The van der Waals surface area contributed by atoms with E-state index in [-0.39, 0.29) is 11.4 Å². The lowest BCUT2D eigenvalue weighted by molar-refractivity contribution is -0.147. The molecule has 18 heavy (non-hydrogen) atoms. The highest BCUT2D eigenvalue weighted by Gasteiger charge is 2.36. The van der Waals surface area contributed by atoms with Crippen LogP contribution in [0.4, 0.5) is 4.79 Å². The molecular formula is C13H23NO4. The minimum absolute atomic E-state index is 0.0746. The lowest BCUT2D eigenvalue weighted by Crippen LogP contribution is -2.42. The maximum Gasteiger partial charge on any atom is 0.410 e. The standard InChI is InChI=1S/C13H23NO4/c1-5-17-11(15)10-7-6-8-14(10)12(16)18-9-13(2,3)4/h10H,5-9H2,1-4H3. The number of carbonyl (C=O) groups excluding carboxylic acids is 2. The molecule has 0 bridgehead atoms. The first-order valence-electron chi connectivity index (χ1n) is 6.45. The molecule has 0 aromatic carbocycles. The van der Waals surface area contributed by atoms with Gasteiger partial charge in [-0.05, 0) is 25.2 Å². The van der Waals surface area contributed by atoms with Gasteiger partial charge in [0.05, 0.1) is 13.2 Å². The second kappa shape index (κ2) is 6.07. The van der Waals surface area contributed by atoms with Crippen molar-refractivity contribution in [2.45, 2.75) is 46.6 Å². The van der Waals surface area contributed by atoms with Crippen molar-refractivity contribution in [1.82, 2.24) is 4.90 Å². The van der Waals surface area contributed by atoms with Crippen LogP contribution in [0.25, 0.3) is 0 Å². The number of nitrogens with zero attached hydrogens (tertiary/aromatic N) is 1. The topological polar surface area (TPSA) is 55.8 Å². The molecule has 0 N–H and O–H groups in total. The number of rotatable bonds is 3. The Morgan fingerprint density at radius 3 is 2.50 bits per heavy atom. The Hall–Kier alpha value is -1.26. The molecule has 1 unspecified atom stereocenters. The molecule has 104 valence electrons. The fourth-order valence-corrected chi connectivity index (χ4v) is 1.83. The van der Waals surface area contributed by atoms with Crippen LogP contribution in [0.5, 0.6) is 0 Å². The molecule has 0 aliphatic carbocycles. The smallest absolute Gasteiger partial charge is 0.410 e. The van der Waals surface area contributed by atoms with Gasteiger partial charge in [0.15, 0.2) is 0 Å². The van der Waals surface area contributed by atoms with E-state index in [1.165, 1.54) is 4.90 Å². The molecule has 1 rings (SSSR count). The van der Waals surface area contributed by atoms with Crippen molar-refractivity contribution in [2.75, 3.05) is 19.8 Å². The molecule has 1 atom stereocenters. The van der Waals surface area contributed by atoms with Gasteiger partial charge >= 0.3 is 12.1 Å². The van der Waals surface area contributed by atoms with Crippen molar-refractivity contribution in [3.63, 3.8) is 0 Å². The summed E-state index contributed by atoms with van der Waals surface area (Å²) < 4.78 is 10.2. The van der Waals surface area contributed by atoms with Crippen molar-refractivity contribution in [2.24, 2.45) is 5.41 Å².